The van der Waals surface area contributed by atoms with Crippen LogP contribution in [0.1, 0.15) is 11.1 Å². The van der Waals surface area contributed by atoms with Crippen LogP contribution < -0.4 is 0 Å². The first kappa shape index (κ1) is 51.1. The SMILES string of the molecule is [C-]#[N+]c1cc(-c2ccccn2)[c-]cc1-c1ccccc1-c1cc(-c2ccccc2-c2c[c-]c(-c3ccccn3)cc2C#N)cc(-c2ccccc2-c2c[c-]c(-c3cc(-c4ccc5c(ccc6ccccc65)c4)ccn3)cc2C#N)c1.[Ir+3]. The van der Waals surface area contributed by atoms with Crippen LogP contribution in [0.3, 0.4) is 0 Å². The molecular formula is C74H41IrN6. The van der Waals surface area contributed by atoms with Crippen molar-refractivity contribution >= 4 is 27.2 Å². The van der Waals surface area contributed by atoms with E-state index in [0.29, 0.717) is 28.1 Å². The van der Waals surface area contributed by atoms with Crippen LogP contribution in [0.15, 0.2) is 249 Å². The van der Waals surface area contributed by atoms with Gasteiger partial charge in [0.1, 0.15) is 5.69 Å². The molecular weight excluding hydrogens is 1170 g/mol. The smallest absolute Gasteiger partial charge is 0.305 e. The Morgan fingerprint density at radius 1 is 0.346 bits per heavy atom. The van der Waals surface area contributed by atoms with Crippen LogP contribution >= 0.6 is 0 Å². The maximum Gasteiger partial charge on any atom is 3.00 e. The van der Waals surface area contributed by atoms with Crippen molar-refractivity contribution in [3.8, 4) is 124 Å². The van der Waals surface area contributed by atoms with Gasteiger partial charge in [-0.25, -0.2) is 0 Å². The number of hydrogen-bond acceptors (Lipinski definition) is 5. The molecule has 0 radical (unpaired) electrons. The number of nitrogens with zero attached hydrogens (tertiary/aromatic N) is 6. The Kier molecular flexibility index (Phi) is 14.1. The first-order valence-corrected chi connectivity index (χ1v) is 26.0. The van der Waals surface area contributed by atoms with E-state index in [-0.39, 0.29) is 20.1 Å². The van der Waals surface area contributed by atoms with Gasteiger partial charge in [0, 0.05) is 18.6 Å². The second-order valence-electron chi connectivity index (χ2n) is 19.3. The molecule has 0 amide bonds. The van der Waals surface area contributed by atoms with Crippen molar-refractivity contribution in [2.24, 2.45) is 0 Å². The Bertz CT molecular complexity index is 4540. The molecule has 3 heterocycles. The summed E-state index contributed by atoms with van der Waals surface area (Å²) in [5.41, 5.74) is 18.0. The fourth-order valence-corrected chi connectivity index (χ4v) is 10.8. The van der Waals surface area contributed by atoms with E-state index in [0.717, 1.165) is 106 Å². The van der Waals surface area contributed by atoms with Gasteiger partial charge in [0.2, 0.25) is 0 Å². The maximum atomic E-state index is 11.0. The minimum atomic E-state index is 0. The number of benzene rings is 10. The average molecular weight is 1210 g/mol. The molecule has 13 aromatic rings. The van der Waals surface area contributed by atoms with E-state index >= 15 is 0 Å². The largest absolute Gasteiger partial charge is 3.00 e. The summed E-state index contributed by atoms with van der Waals surface area (Å²) in [6, 6.07) is 92.4. The van der Waals surface area contributed by atoms with Crippen LogP contribution in [-0.4, -0.2) is 15.0 Å². The zero-order chi connectivity index (χ0) is 53.9. The summed E-state index contributed by atoms with van der Waals surface area (Å²) in [6.45, 7) is 8.38. The van der Waals surface area contributed by atoms with Crippen LogP contribution in [0.4, 0.5) is 5.69 Å². The number of hydrogen-bond donors (Lipinski definition) is 0. The topological polar surface area (TPSA) is 90.6 Å². The summed E-state index contributed by atoms with van der Waals surface area (Å²) in [7, 11) is 0. The molecule has 13 rings (SSSR count). The van der Waals surface area contributed by atoms with Gasteiger partial charge in [-0.05, 0) is 137 Å². The molecule has 0 aliphatic rings. The van der Waals surface area contributed by atoms with Crippen LogP contribution in [0.5, 0.6) is 0 Å². The number of aromatic nitrogens is 3. The van der Waals surface area contributed by atoms with Crippen LogP contribution in [0, 0.1) is 47.4 Å². The van der Waals surface area contributed by atoms with E-state index in [4.69, 9.17) is 11.6 Å². The molecule has 0 atom stereocenters. The van der Waals surface area contributed by atoms with Crippen LogP contribution in [-0.2, 0) is 20.1 Å². The van der Waals surface area contributed by atoms with Gasteiger partial charge >= 0.3 is 20.1 Å². The normalized spacial score (nSPS) is 10.8. The molecule has 3 aromatic heterocycles. The van der Waals surface area contributed by atoms with Gasteiger partial charge in [0.05, 0.1) is 18.7 Å². The molecule has 0 unspecified atom stereocenters. The van der Waals surface area contributed by atoms with Crippen LogP contribution in [0.2, 0.25) is 0 Å². The average Bonchev–Trinajstić information content (AvgIpc) is 3.59. The minimum absolute atomic E-state index is 0. The molecule has 0 fully saturated rings. The van der Waals surface area contributed by atoms with Crippen molar-refractivity contribution < 1.29 is 20.1 Å². The molecule has 0 aliphatic heterocycles. The number of nitriles is 2. The fourth-order valence-electron chi connectivity index (χ4n) is 10.8. The minimum Gasteiger partial charge on any atom is -0.305 e. The molecule has 0 bridgehead atoms. The molecule has 7 heteroatoms. The van der Waals surface area contributed by atoms with E-state index in [1.165, 1.54) is 16.2 Å². The third-order valence-electron chi connectivity index (χ3n) is 14.7. The summed E-state index contributed by atoms with van der Waals surface area (Å²) >= 11 is 0. The Morgan fingerprint density at radius 3 is 1.33 bits per heavy atom. The molecule has 81 heavy (non-hydrogen) atoms. The molecule has 376 valence electrons. The molecule has 0 spiro atoms. The van der Waals surface area contributed by atoms with E-state index in [2.05, 4.69) is 142 Å². The van der Waals surface area contributed by atoms with Crippen molar-refractivity contribution in [2.75, 3.05) is 0 Å². The number of fused-ring (bicyclic) bond motifs is 3. The molecule has 0 N–H and O–H groups in total. The van der Waals surface area contributed by atoms with Gasteiger partial charge in [-0.1, -0.05) is 185 Å². The summed E-state index contributed by atoms with van der Waals surface area (Å²) < 4.78 is 0. The van der Waals surface area contributed by atoms with E-state index < -0.39 is 0 Å². The molecule has 10 aromatic carbocycles. The third-order valence-corrected chi connectivity index (χ3v) is 14.7. The van der Waals surface area contributed by atoms with Crippen molar-refractivity contribution in [2.45, 2.75) is 0 Å². The van der Waals surface area contributed by atoms with Crippen molar-refractivity contribution in [3.05, 3.63) is 290 Å². The zero-order valence-electron chi connectivity index (χ0n) is 43.2. The molecule has 0 aliphatic carbocycles. The van der Waals surface area contributed by atoms with Crippen molar-refractivity contribution in [3.63, 3.8) is 0 Å². The van der Waals surface area contributed by atoms with Crippen LogP contribution in [0.25, 0.3) is 138 Å². The van der Waals surface area contributed by atoms with Gasteiger partial charge in [-0.3, -0.25) is 4.85 Å². The first-order valence-electron chi connectivity index (χ1n) is 26.0. The van der Waals surface area contributed by atoms with E-state index in [1.54, 1.807) is 12.4 Å². The Balaban J connectivity index is 0.00000651. The van der Waals surface area contributed by atoms with E-state index in [1.807, 2.05) is 140 Å². The zero-order valence-corrected chi connectivity index (χ0v) is 45.6. The summed E-state index contributed by atoms with van der Waals surface area (Å²) in [5.74, 6) is 0. The van der Waals surface area contributed by atoms with Crippen molar-refractivity contribution in [1.82, 2.24) is 15.0 Å². The second kappa shape index (κ2) is 22.3. The summed E-state index contributed by atoms with van der Waals surface area (Å²) in [6.07, 6.45) is 5.28. The fraction of sp³-hybridized carbons (Fsp3) is 0. The summed E-state index contributed by atoms with van der Waals surface area (Å²) in [4.78, 5) is 17.9. The Morgan fingerprint density at radius 2 is 0.790 bits per heavy atom. The van der Waals surface area contributed by atoms with Gasteiger partial charge in [0.15, 0.2) is 0 Å². The summed E-state index contributed by atoms with van der Waals surface area (Å²) in [5, 5.41) is 26.5. The molecule has 0 saturated heterocycles. The molecule has 0 saturated carbocycles. The number of rotatable bonds is 10. The quantitative estimate of drug-likeness (QED) is 0.101. The van der Waals surface area contributed by atoms with Crippen molar-refractivity contribution in [1.29, 1.82) is 10.5 Å². The second-order valence-corrected chi connectivity index (χ2v) is 19.3. The predicted molar refractivity (Wildman–Crippen MR) is 321 cm³/mol. The number of pyridine rings is 3. The van der Waals surface area contributed by atoms with Gasteiger partial charge in [-0.15, -0.1) is 71.3 Å². The molecule has 6 nitrogen and oxygen atoms in total. The first-order chi connectivity index (χ1) is 39.5. The van der Waals surface area contributed by atoms with Gasteiger partial charge in [0.25, 0.3) is 0 Å². The van der Waals surface area contributed by atoms with E-state index in [9.17, 15) is 10.5 Å². The van der Waals surface area contributed by atoms with Gasteiger partial charge < -0.3 is 15.0 Å². The predicted octanol–water partition coefficient (Wildman–Crippen LogP) is 18.5. The maximum absolute atomic E-state index is 11.0. The van der Waals surface area contributed by atoms with Gasteiger partial charge in [-0.2, -0.15) is 10.5 Å². The monoisotopic (exact) mass is 1210 g/mol. The Hall–Kier alpha value is -10.7. The Labute approximate surface area is 483 Å². The third kappa shape index (κ3) is 9.87. The standard InChI is InChI=1S/C74H41N6.Ir/c1-77-74-45-54(72-23-11-13-36-79-72)29-33-70(74)69-21-9-6-18-63(69)57-42-55(61-16-4-7-19-67(61)65-31-27-52(39-58(65)46-75)71-22-10-12-35-78-71)41-56(43-57)62-17-5-8-20-68(62)66-32-28-53(40-59(66)47-76)73-44-50(34-37-80-73)49-26-30-64-51(38-49)25-24-48-14-2-3-15-60(48)64;/h2-26,30-45H;/q-3;+3.